The van der Waals surface area contributed by atoms with Crippen LogP contribution in [0.25, 0.3) is 34.0 Å². The van der Waals surface area contributed by atoms with Crippen LogP contribution in [0.15, 0.2) is 84.9 Å². The number of hydrogen-bond donors (Lipinski definition) is 0. The quantitative estimate of drug-likeness (QED) is 0.281. The summed E-state index contributed by atoms with van der Waals surface area (Å²) in [5.41, 5.74) is 4.29. The summed E-state index contributed by atoms with van der Waals surface area (Å²) >= 11 is 0. The number of aryl methyl sites for hydroxylation is 1. The van der Waals surface area contributed by atoms with Gasteiger partial charge in [0.15, 0.2) is 5.69 Å². The maximum Gasteiger partial charge on any atom is 0.360 e. The van der Waals surface area contributed by atoms with Crippen molar-refractivity contribution < 1.29 is 9.53 Å². The van der Waals surface area contributed by atoms with E-state index in [4.69, 9.17) is 9.84 Å². The van der Waals surface area contributed by atoms with E-state index >= 15 is 0 Å². The van der Waals surface area contributed by atoms with Crippen LogP contribution in [-0.4, -0.2) is 32.1 Å². The Morgan fingerprint density at radius 1 is 0.789 bits per heavy atom. The Hall–Kier alpha value is -5.47. The molecule has 8 heteroatoms. The van der Waals surface area contributed by atoms with Gasteiger partial charge in [0.25, 0.3) is 0 Å². The van der Waals surface area contributed by atoms with Crippen molar-refractivity contribution in [2.45, 2.75) is 13.8 Å². The molecule has 0 atom stereocenters. The number of esters is 1. The highest BCUT2D eigenvalue weighted by Gasteiger charge is 2.31. The fourth-order valence-corrected chi connectivity index (χ4v) is 4.27. The number of para-hydroxylation sites is 1. The minimum atomic E-state index is -0.722. The Bertz CT molecular complexity index is 1700. The van der Waals surface area contributed by atoms with Gasteiger partial charge in [0, 0.05) is 5.56 Å². The minimum absolute atomic E-state index is 0.0159. The number of carbonyl (C=O) groups excluding carboxylic acids is 1. The Labute approximate surface area is 219 Å². The lowest BCUT2D eigenvalue weighted by Gasteiger charge is -2.07. The van der Waals surface area contributed by atoms with Crippen LogP contribution in [0.3, 0.4) is 0 Å². The van der Waals surface area contributed by atoms with E-state index in [1.54, 1.807) is 11.6 Å². The zero-order chi connectivity index (χ0) is 26.6. The molecule has 0 fully saturated rings. The Balaban J connectivity index is 1.88. The predicted molar refractivity (Wildman–Crippen MR) is 142 cm³/mol. The van der Waals surface area contributed by atoms with Crippen molar-refractivity contribution in [1.82, 2.24) is 19.6 Å². The third kappa shape index (κ3) is 4.21. The Morgan fingerprint density at radius 2 is 1.37 bits per heavy atom. The molecular weight excluding hydrogens is 476 g/mol. The van der Waals surface area contributed by atoms with E-state index < -0.39 is 5.97 Å². The molecule has 5 rings (SSSR count). The number of benzene rings is 3. The minimum Gasteiger partial charge on any atom is -0.461 e. The molecule has 38 heavy (non-hydrogen) atoms. The number of ether oxygens (including phenoxy) is 1. The Kier molecular flexibility index (Phi) is 6.54. The number of rotatable bonds is 6. The van der Waals surface area contributed by atoms with E-state index in [2.05, 4.69) is 17.2 Å². The van der Waals surface area contributed by atoms with Gasteiger partial charge in [-0.2, -0.15) is 20.7 Å². The van der Waals surface area contributed by atoms with Crippen molar-refractivity contribution in [3.8, 4) is 46.2 Å². The van der Waals surface area contributed by atoms with E-state index in [0.717, 1.165) is 16.8 Å². The summed E-state index contributed by atoms with van der Waals surface area (Å²) in [5, 5.41) is 30.0. The largest absolute Gasteiger partial charge is 0.461 e. The average molecular weight is 499 g/mol. The molecule has 2 aromatic heterocycles. The summed E-state index contributed by atoms with van der Waals surface area (Å²) in [6, 6.07) is 30.8. The van der Waals surface area contributed by atoms with Crippen LogP contribution in [0, 0.1) is 29.6 Å². The summed E-state index contributed by atoms with van der Waals surface area (Å²) in [7, 11) is 0. The van der Waals surface area contributed by atoms with Gasteiger partial charge in [0.1, 0.15) is 34.7 Å². The maximum absolute atomic E-state index is 12.8. The topological polar surface area (TPSA) is 110 Å². The van der Waals surface area contributed by atoms with Crippen molar-refractivity contribution in [2.24, 2.45) is 0 Å². The number of nitrogens with zero attached hydrogens (tertiary/aromatic N) is 6. The fourth-order valence-electron chi connectivity index (χ4n) is 4.27. The molecule has 0 bridgehead atoms. The summed E-state index contributed by atoms with van der Waals surface area (Å²) < 4.78 is 8.36. The third-order valence-corrected chi connectivity index (χ3v) is 6.01. The SMILES string of the molecule is CCOC(=O)c1nn(-c2ccc(C)cc2)c(-c2nn(-c3ccccc3)c(-c3ccccc3)c2C#N)c1C#N. The van der Waals surface area contributed by atoms with Crippen molar-refractivity contribution in [2.75, 3.05) is 6.61 Å². The van der Waals surface area contributed by atoms with Gasteiger partial charge in [-0.1, -0.05) is 66.2 Å². The van der Waals surface area contributed by atoms with E-state index in [-0.39, 0.29) is 34.8 Å². The first-order valence-electron chi connectivity index (χ1n) is 12.0. The summed E-state index contributed by atoms with van der Waals surface area (Å²) in [6.45, 7) is 3.77. The molecule has 2 heterocycles. The van der Waals surface area contributed by atoms with E-state index in [9.17, 15) is 15.3 Å². The van der Waals surface area contributed by atoms with Gasteiger partial charge in [0.05, 0.1) is 23.7 Å². The summed E-state index contributed by atoms with van der Waals surface area (Å²) in [4.78, 5) is 12.8. The predicted octanol–water partition coefficient (Wildman–Crippen LogP) is 5.62. The second kappa shape index (κ2) is 10.3. The van der Waals surface area contributed by atoms with Crippen LogP contribution in [-0.2, 0) is 4.74 Å². The van der Waals surface area contributed by atoms with Crippen molar-refractivity contribution in [1.29, 1.82) is 10.5 Å². The first-order chi connectivity index (χ1) is 18.6. The zero-order valence-corrected chi connectivity index (χ0v) is 20.8. The number of nitriles is 2. The highest BCUT2D eigenvalue weighted by atomic mass is 16.5. The van der Waals surface area contributed by atoms with Crippen LogP contribution in [0.5, 0.6) is 0 Å². The molecule has 0 saturated carbocycles. The van der Waals surface area contributed by atoms with Crippen LogP contribution in [0.1, 0.15) is 34.1 Å². The monoisotopic (exact) mass is 498 g/mol. The lowest BCUT2D eigenvalue weighted by atomic mass is 10.0. The van der Waals surface area contributed by atoms with Gasteiger partial charge < -0.3 is 4.74 Å². The Morgan fingerprint density at radius 3 is 1.97 bits per heavy atom. The highest BCUT2D eigenvalue weighted by Crippen LogP contribution is 2.37. The standard InChI is InChI=1S/C30H22N6O2/c1-3-38-30(37)27-25(19-32)29(36(34-27)23-16-14-20(2)15-17-23)26-24(18-31)28(21-10-6-4-7-11-21)35(33-26)22-12-8-5-9-13-22/h4-17H,3H2,1-2H3. The molecule has 0 unspecified atom stereocenters. The van der Waals surface area contributed by atoms with Crippen LogP contribution >= 0.6 is 0 Å². The second-order valence-corrected chi connectivity index (χ2v) is 8.45. The highest BCUT2D eigenvalue weighted by molar-refractivity contribution is 5.94. The first kappa shape index (κ1) is 24.2. The molecule has 0 saturated heterocycles. The van der Waals surface area contributed by atoms with Gasteiger partial charge in [-0.05, 0) is 38.1 Å². The number of carbonyl (C=O) groups is 1. The van der Waals surface area contributed by atoms with Crippen molar-refractivity contribution >= 4 is 5.97 Å². The van der Waals surface area contributed by atoms with Gasteiger partial charge >= 0.3 is 5.97 Å². The molecule has 8 nitrogen and oxygen atoms in total. The average Bonchev–Trinajstić information content (AvgIpc) is 3.53. The molecule has 0 spiro atoms. The number of aromatic nitrogens is 4. The van der Waals surface area contributed by atoms with E-state index in [1.807, 2.05) is 91.9 Å². The van der Waals surface area contributed by atoms with Gasteiger partial charge in [-0.15, -0.1) is 0 Å². The van der Waals surface area contributed by atoms with Gasteiger partial charge in [0.2, 0.25) is 0 Å². The molecule has 0 aliphatic rings. The number of hydrogen-bond acceptors (Lipinski definition) is 6. The maximum atomic E-state index is 12.8. The zero-order valence-electron chi connectivity index (χ0n) is 20.8. The second-order valence-electron chi connectivity index (χ2n) is 8.45. The lowest BCUT2D eigenvalue weighted by molar-refractivity contribution is 0.0518. The molecule has 0 N–H and O–H groups in total. The lowest BCUT2D eigenvalue weighted by Crippen LogP contribution is -2.08. The molecule has 5 aromatic rings. The molecule has 184 valence electrons. The fraction of sp³-hybridized carbons (Fsp3) is 0.100. The molecule has 0 radical (unpaired) electrons. The van der Waals surface area contributed by atoms with Gasteiger partial charge in [-0.3, -0.25) is 0 Å². The van der Waals surface area contributed by atoms with Crippen LogP contribution < -0.4 is 0 Å². The van der Waals surface area contributed by atoms with E-state index in [0.29, 0.717) is 11.4 Å². The molecule has 0 aliphatic carbocycles. The summed E-state index contributed by atoms with van der Waals surface area (Å²) in [6.07, 6.45) is 0. The molecule has 0 amide bonds. The third-order valence-electron chi connectivity index (χ3n) is 6.01. The normalized spacial score (nSPS) is 10.5. The first-order valence-corrected chi connectivity index (χ1v) is 12.0. The van der Waals surface area contributed by atoms with Gasteiger partial charge in [-0.25, -0.2) is 14.2 Å². The summed E-state index contributed by atoms with van der Waals surface area (Å²) in [5.74, 6) is -0.722. The van der Waals surface area contributed by atoms with Crippen molar-refractivity contribution in [3.05, 3.63) is 107 Å². The van der Waals surface area contributed by atoms with Crippen LogP contribution in [0.4, 0.5) is 0 Å². The smallest absolute Gasteiger partial charge is 0.360 e. The van der Waals surface area contributed by atoms with E-state index in [1.165, 1.54) is 4.68 Å². The molecule has 3 aromatic carbocycles. The van der Waals surface area contributed by atoms with Crippen LogP contribution in [0.2, 0.25) is 0 Å². The molecular formula is C30H22N6O2. The molecule has 0 aliphatic heterocycles. The van der Waals surface area contributed by atoms with Crippen molar-refractivity contribution in [3.63, 3.8) is 0 Å².